The van der Waals surface area contributed by atoms with Gasteiger partial charge in [0, 0.05) is 42.0 Å². The largest absolute Gasteiger partial charge is 0.370 e. The molecule has 96 valence electrons. The maximum atomic E-state index is 5.98. The van der Waals surface area contributed by atoms with Crippen LogP contribution in [0, 0.1) is 6.92 Å². The molecule has 1 unspecified atom stereocenters. The lowest BCUT2D eigenvalue weighted by Gasteiger charge is -2.30. The monoisotopic (exact) mass is 272 g/mol. The van der Waals surface area contributed by atoms with E-state index >= 15 is 0 Å². The first-order valence-electron chi connectivity index (χ1n) is 5.87. The summed E-state index contributed by atoms with van der Waals surface area (Å²) in [6.45, 7) is 4.25. The molecule has 1 rings (SSSR count). The second kappa shape index (κ2) is 7.12. The smallest absolute Gasteiger partial charge is 0.0509 e. The Labute approximate surface area is 114 Å². The molecule has 0 bridgehead atoms. The van der Waals surface area contributed by atoms with Gasteiger partial charge in [-0.2, -0.15) is 11.8 Å². The molecule has 0 aliphatic carbocycles. The van der Waals surface area contributed by atoms with Gasteiger partial charge in [-0.25, -0.2) is 0 Å². The lowest BCUT2D eigenvalue weighted by atomic mass is 10.1. The normalized spacial score (nSPS) is 12.5. The van der Waals surface area contributed by atoms with Crippen molar-refractivity contribution in [3.63, 3.8) is 0 Å². The lowest BCUT2D eigenvalue weighted by Crippen LogP contribution is -2.33. The highest BCUT2D eigenvalue weighted by Crippen LogP contribution is 2.25. The van der Waals surface area contributed by atoms with Crippen molar-refractivity contribution in [1.82, 2.24) is 4.98 Å². The molecule has 4 heteroatoms. The van der Waals surface area contributed by atoms with Gasteiger partial charge < -0.3 is 4.90 Å². The molecule has 0 amide bonds. The molecule has 0 radical (unpaired) electrons. The number of aryl methyl sites for hydroxylation is 1. The second-order valence-corrected chi connectivity index (χ2v) is 5.39. The quantitative estimate of drug-likeness (QED) is 0.735. The predicted molar refractivity (Wildman–Crippen MR) is 79.4 cm³/mol. The number of hydrogen-bond acceptors (Lipinski definition) is 3. The van der Waals surface area contributed by atoms with Crippen molar-refractivity contribution < 1.29 is 0 Å². The summed E-state index contributed by atoms with van der Waals surface area (Å²) in [5.74, 6) is 1.65. The molecule has 0 saturated carbocycles. The molecule has 0 saturated heterocycles. The summed E-state index contributed by atoms with van der Waals surface area (Å²) < 4.78 is 0. The van der Waals surface area contributed by atoms with Gasteiger partial charge >= 0.3 is 0 Å². The van der Waals surface area contributed by atoms with E-state index in [-0.39, 0.29) is 0 Å². The van der Waals surface area contributed by atoms with E-state index in [1.807, 2.05) is 24.9 Å². The van der Waals surface area contributed by atoms with Gasteiger partial charge in [0.05, 0.1) is 5.88 Å². The topological polar surface area (TPSA) is 16.1 Å². The van der Waals surface area contributed by atoms with Crippen molar-refractivity contribution in [3.8, 4) is 0 Å². The molecular weight excluding hydrogens is 252 g/mol. The van der Waals surface area contributed by atoms with E-state index in [9.17, 15) is 0 Å². The number of anilines is 1. The Balaban J connectivity index is 2.99. The van der Waals surface area contributed by atoms with Gasteiger partial charge in [0.1, 0.15) is 0 Å². The van der Waals surface area contributed by atoms with E-state index in [0.717, 1.165) is 23.4 Å². The molecule has 2 nitrogen and oxygen atoms in total. The van der Waals surface area contributed by atoms with E-state index in [1.165, 1.54) is 5.69 Å². The third kappa shape index (κ3) is 3.78. The van der Waals surface area contributed by atoms with Crippen LogP contribution in [-0.4, -0.2) is 30.1 Å². The second-order valence-electron chi connectivity index (χ2n) is 4.22. The fraction of sp³-hybridized carbons (Fsp3) is 0.615. The van der Waals surface area contributed by atoms with Crippen LogP contribution < -0.4 is 4.90 Å². The van der Waals surface area contributed by atoms with Crippen LogP contribution in [-0.2, 0) is 5.88 Å². The molecule has 0 N–H and O–H groups in total. The highest BCUT2D eigenvalue weighted by atomic mass is 35.5. The molecule has 1 aromatic heterocycles. The van der Waals surface area contributed by atoms with Gasteiger partial charge in [0.2, 0.25) is 0 Å². The number of nitrogens with zero attached hydrogens (tertiary/aromatic N) is 2. The summed E-state index contributed by atoms with van der Waals surface area (Å²) in [5.41, 5.74) is 3.37. The third-order valence-electron chi connectivity index (χ3n) is 3.00. The van der Waals surface area contributed by atoms with E-state index < -0.39 is 0 Å². The van der Waals surface area contributed by atoms with Crippen molar-refractivity contribution in [2.45, 2.75) is 32.2 Å². The van der Waals surface area contributed by atoms with Gasteiger partial charge in [-0.3, -0.25) is 4.98 Å². The molecule has 0 spiro atoms. The molecule has 1 aromatic rings. The molecule has 0 fully saturated rings. The highest BCUT2D eigenvalue weighted by Gasteiger charge is 2.15. The van der Waals surface area contributed by atoms with Gasteiger partial charge in [0.25, 0.3) is 0 Å². The first-order chi connectivity index (χ1) is 8.13. The zero-order valence-electron chi connectivity index (χ0n) is 11.0. The van der Waals surface area contributed by atoms with E-state index in [2.05, 4.69) is 36.2 Å². The number of thioether (sulfide) groups is 1. The van der Waals surface area contributed by atoms with E-state index in [0.29, 0.717) is 11.9 Å². The Kier molecular flexibility index (Phi) is 6.14. The Morgan fingerprint density at radius 1 is 1.53 bits per heavy atom. The molecule has 1 heterocycles. The van der Waals surface area contributed by atoms with Gasteiger partial charge in [-0.1, -0.05) is 6.92 Å². The maximum Gasteiger partial charge on any atom is 0.0509 e. The number of rotatable bonds is 6. The maximum absolute atomic E-state index is 5.98. The minimum Gasteiger partial charge on any atom is -0.370 e. The Bertz CT molecular complexity index is 357. The van der Waals surface area contributed by atoms with Crippen molar-refractivity contribution in [2.24, 2.45) is 0 Å². The highest BCUT2D eigenvalue weighted by molar-refractivity contribution is 7.98. The fourth-order valence-electron chi connectivity index (χ4n) is 1.90. The summed E-state index contributed by atoms with van der Waals surface area (Å²) in [6, 6.07) is 2.68. The summed E-state index contributed by atoms with van der Waals surface area (Å²) in [4.78, 5) is 6.64. The minimum atomic E-state index is 0.517. The molecule has 0 aliphatic heterocycles. The van der Waals surface area contributed by atoms with Crippen LogP contribution in [0.2, 0.25) is 0 Å². The van der Waals surface area contributed by atoms with Crippen LogP contribution in [0.15, 0.2) is 12.3 Å². The summed E-state index contributed by atoms with van der Waals surface area (Å²) >= 11 is 7.87. The van der Waals surface area contributed by atoms with E-state index in [1.54, 1.807) is 0 Å². The van der Waals surface area contributed by atoms with Crippen LogP contribution in [0.1, 0.15) is 24.6 Å². The number of aromatic nitrogens is 1. The first kappa shape index (κ1) is 14.7. The molecule has 1 atom stereocenters. The molecule has 17 heavy (non-hydrogen) atoms. The average molecular weight is 273 g/mol. The molecule has 0 aliphatic rings. The van der Waals surface area contributed by atoms with Gasteiger partial charge in [-0.05, 0) is 25.7 Å². The van der Waals surface area contributed by atoms with Gasteiger partial charge in [-0.15, -0.1) is 11.6 Å². The van der Waals surface area contributed by atoms with Crippen molar-refractivity contribution in [3.05, 3.63) is 23.5 Å². The van der Waals surface area contributed by atoms with Crippen LogP contribution >= 0.6 is 23.4 Å². The Morgan fingerprint density at radius 2 is 2.24 bits per heavy atom. The summed E-state index contributed by atoms with van der Waals surface area (Å²) in [5, 5.41) is 0. The summed E-state index contributed by atoms with van der Waals surface area (Å²) in [6.07, 6.45) is 5.18. The van der Waals surface area contributed by atoms with Crippen LogP contribution in [0.5, 0.6) is 0 Å². The average Bonchev–Trinajstić information content (AvgIpc) is 2.35. The zero-order chi connectivity index (χ0) is 12.8. The van der Waals surface area contributed by atoms with Crippen LogP contribution in [0.25, 0.3) is 0 Å². The SMILES string of the molecule is CCC(CSC)N(C)c1cc(C)ncc1CCl. The standard InChI is InChI=1S/C13H21ClN2S/c1-5-12(9-17-4)16(3)13-6-10(2)15-8-11(13)7-14/h6,8,12H,5,7,9H2,1-4H3. The van der Waals surface area contributed by atoms with Crippen molar-refractivity contribution >= 4 is 29.1 Å². The third-order valence-corrected chi connectivity index (χ3v) is 4.01. The Morgan fingerprint density at radius 3 is 2.76 bits per heavy atom. The Hall–Kier alpha value is -0.410. The number of halogens is 1. The first-order valence-corrected chi connectivity index (χ1v) is 7.80. The number of alkyl halides is 1. The molecular formula is C13H21ClN2S. The van der Waals surface area contributed by atoms with Crippen molar-refractivity contribution in [2.75, 3.05) is 24.0 Å². The minimum absolute atomic E-state index is 0.517. The fourth-order valence-corrected chi connectivity index (χ4v) is 2.95. The van der Waals surface area contributed by atoms with Crippen LogP contribution in [0.3, 0.4) is 0 Å². The van der Waals surface area contributed by atoms with E-state index in [4.69, 9.17) is 11.6 Å². The van der Waals surface area contributed by atoms with Crippen molar-refractivity contribution in [1.29, 1.82) is 0 Å². The summed E-state index contributed by atoms with van der Waals surface area (Å²) in [7, 11) is 2.15. The predicted octanol–water partition coefficient (Wildman–Crippen LogP) is 3.71. The lowest BCUT2D eigenvalue weighted by molar-refractivity contribution is 0.671. The molecule has 0 aromatic carbocycles. The van der Waals surface area contributed by atoms with Crippen LogP contribution in [0.4, 0.5) is 5.69 Å². The number of hydrogen-bond donors (Lipinski definition) is 0. The number of pyridine rings is 1. The van der Waals surface area contributed by atoms with Gasteiger partial charge in [0.15, 0.2) is 0 Å². The zero-order valence-corrected chi connectivity index (χ0v) is 12.6.